The van der Waals surface area contributed by atoms with Crippen LogP contribution < -0.4 is 14.8 Å². The fourth-order valence-corrected chi connectivity index (χ4v) is 4.49. The van der Waals surface area contributed by atoms with Gasteiger partial charge in [-0.15, -0.1) is 0 Å². The minimum absolute atomic E-state index is 0.0323. The number of rotatable bonds is 9. The summed E-state index contributed by atoms with van der Waals surface area (Å²) in [6.07, 6.45) is 2.94. The first-order valence-corrected chi connectivity index (χ1v) is 13.2. The highest BCUT2D eigenvalue weighted by Gasteiger charge is 2.18. The van der Waals surface area contributed by atoms with Gasteiger partial charge in [0.05, 0.1) is 23.4 Å². The summed E-state index contributed by atoms with van der Waals surface area (Å²) < 4.78 is 35.6. The van der Waals surface area contributed by atoms with Gasteiger partial charge in [-0.3, -0.25) is 9.59 Å². The first-order valence-electron chi connectivity index (χ1n) is 11.4. The third-order valence-corrected chi connectivity index (χ3v) is 6.91. The zero-order valence-corrected chi connectivity index (χ0v) is 21.8. The van der Waals surface area contributed by atoms with Crippen molar-refractivity contribution in [3.05, 3.63) is 124 Å². The minimum atomic E-state index is -4.02. The number of carbonyl (C=O) groups excluding carboxylic acids is 2. The van der Waals surface area contributed by atoms with Crippen LogP contribution in [0.15, 0.2) is 106 Å². The minimum Gasteiger partial charge on any atom is -0.467 e. The van der Waals surface area contributed by atoms with Crippen LogP contribution in [0.5, 0.6) is 5.75 Å². The molecule has 8 nitrogen and oxygen atoms in total. The number of hydrogen-bond acceptors (Lipinski definition) is 6. The van der Waals surface area contributed by atoms with E-state index in [0.717, 1.165) is 5.56 Å². The van der Waals surface area contributed by atoms with E-state index in [2.05, 4.69) is 10.6 Å². The lowest BCUT2D eigenvalue weighted by atomic mass is 10.1. The molecule has 2 amide bonds. The Morgan fingerprint density at radius 2 is 1.66 bits per heavy atom. The van der Waals surface area contributed by atoms with Crippen LogP contribution in [0.2, 0.25) is 5.02 Å². The van der Waals surface area contributed by atoms with Gasteiger partial charge in [-0.05, 0) is 67.1 Å². The molecule has 0 saturated carbocycles. The van der Waals surface area contributed by atoms with Gasteiger partial charge < -0.3 is 19.2 Å². The second kappa shape index (κ2) is 11.8. The van der Waals surface area contributed by atoms with E-state index < -0.39 is 21.9 Å². The molecule has 0 radical (unpaired) electrons. The topological polar surface area (TPSA) is 115 Å². The lowest BCUT2D eigenvalue weighted by Gasteiger charge is -2.12. The van der Waals surface area contributed by atoms with Gasteiger partial charge in [-0.1, -0.05) is 53.6 Å². The van der Waals surface area contributed by atoms with Crippen molar-refractivity contribution < 1.29 is 26.6 Å². The number of benzene rings is 3. The van der Waals surface area contributed by atoms with Crippen molar-refractivity contribution in [3.8, 4) is 5.75 Å². The van der Waals surface area contributed by atoms with Crippen molar-refractivity contribution >= 4 is 39.6 Å². The lowest BCUT2D eigenvalue weighted by Crippen LogP contribution is -2.34. The molecule has 0 saturated heterocycles. The van der Waals surface area contributed by atoms with E-state index in [4.69, 9.17) is 20.2 Å². The van der Waals surface area contributed by atoms with E-state index >= 15 is 0 Å². The van der Waals surface area contributed by atoms with E-state index in [1.54, 1.807) is 54.6 Å². The Balaban J connectivity index is 1.54. The first-order chi connectivity index (χ1) is 18.2. The Hall–Kier alpha value is -4.34. The summed E-state index contributed by atoms with van der Waals surface area (Å²) in [5.74, 6) is -0.513. The maximum Gasteiger partial charge on any atom is 0.339 e. The summed E-state index contributed by atoms with van der Waals surface area (Å²) in [5.41, 5.74) is 1.57. The molecule has 0 fully saturated rings. The Bertz CT molecular complexity index is 1560. The van der Waals surface area contributed by atoms with Gasteiger partial charge in [-0.2, -0.15) is 8.42 Å². The van der Waals surface area contributed by atoms with E-state index in [1.807, 2.05) is 6.92 Å². The van der Waals surface area contributed by atoms with Crippen LogP contribution in [0.25, 0.3) is 6.08 Å². The molecule has 194 valence electrons. The van der Waals surface area contributed by atoms with E-state index in [-0.39, 0.29) is 33.5 Å². The largest absolute Gasteiger partial charge is 0.467 e. The molecule has 0 aliphatic rings. The molecule has 0 atom stereocenters. The van der Waals surface area contributed by atoms with Crippen molar-refractivity contribution in [2.75, 3.05) is 0 Å². The molecule has 1 heterocycles. The van der Waals surface area contributed by atoms with Gasteiger partial charge in [0.2, 0.25) is 0 Å². The van der Waals surface area contributed by atoms with Gasteiger partial charge >= 0.3 is 10.1 Å². The van der Waals surface area contributed by atoms with Gasteiger partial charge in [-0.25, -0.2) is 0 Å². The zero-order chi connectivity index (χ0) is 27.1. The Morgan fingerprint density at radius 1 is 0.947 bits per heavy atom. The normalized spacial score (nSPS) is 11.6. The molecular weight excluding hydrogens is 528 g/mol. The molecule has 10 heteroatoms. The lowest BCUT2D eigenvalue weighted by molar-refractivity contribution is -0.118. The fraction of sp³-hybridized carbons (Fsp3) is 0.0714. The average molecular weight is 551 g/mol. The predicted molar refractivity (Wildman–Crippen MR) is 143 cm³/mol. The highest BCUT2D eigenvalue weighted by molar-refractivity contribution is 7.87. The monoisotopic (exact) mass is 550 g/mol. The number of nitrogens with one attached hydrogen (secondary N) is 2. The summed E-state index contributed by atoms with van der Waals surface area (Å²) in [7, 11) is -4.02. The van der Waals surface area contributed by atoms with Crippen molar-refractivity contribution in [1.82, 2.24) is 10.6 Å². The molecule has 0 aliphatic heterocycles. The Kier molecular flexibility index (Phi) is 8.30. The summed E-state index contributed by atoms with van der Waals surface area (Å²) >= 11 is 6.14. The molecular formula is C28H23ClN2O6S. The molecule has 0 unspecified atom stereocenters. The number of furan rings is 1. The van der Waals surface area contributed by atoms with Crippen LogP contribution in [-0.2, 0) is 21.5 Å². The highest BCUT2D eigenvalue weighted by Crippen LogP contribution is 2.21. The molecule has 0 bridgehead atoms. The smallest absolute Gasteiger partial charge is 0.339 e. The van der Waals surface area contributed by atoms with Crippen LogP contribution in [0.3, 0.4) is 0 Å². The number of amides is 2. The number of aryl methyl sites for hydroxylation is 1. The first kappa shape index (κ1) is 26.7. The van der Waals surface area contributed by atoms with Crippen LogP contribution in [0.4, 0.5) is 0 Å². The van der Waals surface area contributed by atoms with Gasteiger partial charge in [0.15, 0.2) is 0 Å². The third-order valence-electron chi connectivity index (χ3n) is 5.32. The maximum atomic E-state index is 13.0. The van der Waals surface area contributed by atoms with Gasteiger partial charge in [0.1, 0.15) is 22.1 Å². The summed E-state index contributed by atoms with van der Waals surface area (Å²) in [6.45, 7) is 1.96. The van der Waals surface area contributed by atoms with Crippen molar-refractivity contribution in [1.29, 1.82) is 0 Å². The molecule has 2 N–H and O–H groups in total. The van der Waals surface area contributed by atoms with E-state index in [9.17, 15) is 18.0 Å². The van der Waals surface area contributed by atoms with Crippen LogP contribution in [0, 0.1) is 6.92 Å². The number of carbonyl (C=O) groups is 2. The fourth-order valence-electron chi connectivity index (χ4n) is 3.34. The highest BCUT2D eigenvalue weighted by atomic mass is 35.5. The molecule has 4 aromatic rings. The number of hydrogen-bond donors (Lipinski definition) is 2. The number of halogens is 1. The van der Waals surface area contributed by atoms with Gasteiger partial charge in [0, 0.05) is 0 Å². The molecule has 1 aromatic heterocycles. The molecule has 0 spiro atoms. The summed E-state index contributed by atoms with van der Waals surface area (Å²) in [6, 6.07) is 22.2. The molecule has 38 heavy (non-hydrogen) atoms. The van der Waals surface area contributed by atoms with Crippen LogP contribution in [0.1, 0.15) is 27.2 Å². The maximum absolute atomic E-state index is 13.0. The Morgan fingerprint density at radius 3 is 2.32 bits per heavy atom. The third kappa shape index (κ3) is 6.90. The Labute approximate surface area is 225 Å². The standard InChI is InChI=1S/C28H23ClN2O6S/c1-19-8-14-23(15-9-19)38(34,35)37-21-12-10-20(11-13-21)17-26(28(33)30-18-22-5-4-16-36-22)31-27(32)24-6-2-3-7-25(24)29/h2-17H,18H2,1H3,(H,30,33)(H,31,32). The van der Waals surface area contributed by atoms with Crippen molar-refractivity contribution in [2.24, 2.45) is 0 Å². The summed E-state index contributed by atoms with van der Waals surface area (Å²) in [5, 5.41) is 5.52. The van der Waals surface area contributed by atoms with E-state index in [0.29, 0.717) is 11.3 Å². The van der Waals surface area contributed by atoms with Crippen molar-refractivity contribution in [3.63, 3.8) is 0 Å². The quantitative estimate of drug-likeness (QED) is 0.221. The van der Waals surface area contributed by atoms with Crippen molar-refractivity contribution in [2.45, 2.75) is 18.4 Å². The zero-order valence-electron chi connectivity index (χ0n) is 20.2. The van der Waals surface area contributed by atoms with Crippen LogP contribution >= 0.6 is 11.6 Å². The molecule has 4 rings (SSSR count). The average Bonchev–Trinajstić information content (AvgIpc) is 3.42. The van der Waals surface area contributed by atoms with Crippen LogP contribution in [-0.4, -0.2) is 20.2 Å². The summed E-state index contributed by atoms with van der Waals surface area (Å²) in [4.78, 5) is 25.8. The van der Waals surface area contributed by atoms with Gasteiger partial charge in [0.25, 0.3) is 11.8 Å². The molecule has 0 aliphatic carbocycles. The molecule has 3 aromatic carbocycles. The van der Waals surface area contributed by atoms with E-state index in [1.165, 1.54) is 42.7 Å². The second-order valence-corrected chi connectivity index (χ2v) is 10.1. The second-order valence-electron chi connectivity index (χ2n) is 8.17. The SMILES string of the molecule is Cc1ccc(S(=O)(=O)Oc2ccc(C=C(NC(=O)c3ccccc3Cl)C(=O)NCc3ccco3)cc2)cc1. The predicted octanol–water partition coefficient (Wildman–Crippen LogP) is 5.10.